The minimum absolute atomic E-state index is 0.937. The highest BCUT2D eigenvalue weighted by Gasteiger charge is 2.15. The maximum absolute atomic E-state index is 9.67. The molecular weight excluding hydrogens is 294 g/mol. The summed E-state index contributed by atoms with van der Waals surface area (Å²) in [7, 11) is 0. The van der Waals surface area contributed by atoms with Gasteiger partial charge in [-0.15, -0.1) is 11.3 Å². The normalized spacial score (nSPS) is 15.8. The van der Waals surface area contributed by atoms with E-state index in [0.717, 1.165) is 37.5 Å². The van der Waals surface area contributed by atoms with E-state index in [1.165, 1.54) is 10.6 Å². The van der Waals surface area contributed by atoms with Crippen LogP contribution in [0, 0.1) is 11.8 Å². The molecule has 0 fully saturated rings. The van der Waals surface area contributed by atoms with E-state index in [1.54, 1.807) is 25.2 Å². The van der Waals surface area contributed by atoms with Crippen LogP contribution in [0.4, 0.5) is 0 Å². The van der Waals surface area contributed by atoms with Crippen molar-refractivity contribution in [2.45, 2.75) is 45.5 Å². The molecule has 0 bridgehead atoms. The molecule has 0 saturated carbocycles. The molecule has 0 amide bonds. The summed E-state index contributed by atoms with van der Waals surface area (Å²) in [6.07, 6.45) is 5.04. The van der Waals surface area contributed by atoms with Gasteiger partial charge in [-0.3, -0.25) is 4.90 Å². The fraction of sp³-hybridized carbons (Fsp3) is 0.471. The molecule has 0 unspecified atom stereocenters. The molecule has 0 atom stereocenters. The van der Waals surface area contributed by atoms with E-state index in [-0.39, 0.29) is 0 Å². The molecule has 1 aliphatic heterocycles. The molecule has 2 aromatic rings. The Kier molecular flexibility index (Phi) is 4.34. The van der Waals surface area contributed by atoms with Crippen LogP contribution in [0.3, 0.4) is 0 Å². The number of nitrogens with zero attached hydrogens (tertiary/aromatic N) is 3. The van der Waals surface area contributed by atoms with Crippen molar-refractivity contribution in [3.05, 3.63) is 40.1 Å². The molecule has 0 saturated heterocycles. The van der Waals surface area contributed by atoms with Crippen molar-refractivity contribution in [1.82, 2.24) is 14.5 Å². The first-order valence-corrected chi connectivity index (χ1v) is 8.37. The average molecular weight is 315 g/mol. The lowest BCUT2D eigenvalue weighted by Gasteiger charge is -2.18. The van der Waals surface area contributed by atoms with Crippen molar-refractivity contribution >= 4 is 11.3 Å². The number of aryl methyl sites for hydroxylation is 1. The van der Waals surface area contributed by atoms with E-state index >= 15 is 0 Å². The second-order valence-corrected chi connectivity index (χ2v) is 7.39. The largest absolute Gasteiger partial charge is 0.378 e. The zero-order valence-corrected chi connectivity index (χ0v) is 13.9. The number of rotatable bonds is 2. The number of imidazole rings is 1. The lowest BCUT2D eigenvalue weighted by molar-refractivity contribution is 0.143. The van der Waals surface area contributed by atoms with Gasteiger partial charge in [0.1, 0.15) is 5.60 Å². The third kappa shape index (κ3) is 3.98. The Morgan fingerprint density at radius 3 is 3.05 bits per heavy atom. The van der Waals surface area contributed by atoms with Crippen LogP contribution in [0.2, 0.25) is 0 Å². The summed E-state index contributed by atoms with van der Waals surface area (Å²) in [6, 6.07) is 4.18. The van der Waals surface area contributed by atoms with Crippen molar-refractivity contribution < 1.29 is 5.11 Å². The Hall–Kier alpha value is -1.61. The summed E-state index contributed by atoms with van der Waals surface area (Å²) in [6.45, 7) is 7.45. The predicted molar refractivity (Wildman–Crippen MR) is 88.5 cm³/mol. The van der Waals surface area contributed by atoms with Crippen molar-refractivity contribution in [2.75, 3.05) is 6.54 Å². The lowest BCUT2D eigenvalue weighted by Crippen LogP contribution is -2.22. The molecular formula is C17H21N3OS. The molecule has 22 heavy (non-hydrogen) atoms. The smallest absolute Gasteiger partial charge is 0.120 e. The Bertz CT molecular complexity index is 699. The Morgan fingerprint density at radius 2 is 2.23 bits per heavy atom. The number of aliphatic hydroxyl groups is 1. The lowest BCUT2D eigenvalue weighted by atomic mass is 10.1. The predicted octanol–water partition coefficient (Wildman–Crippen LogP) is 2.47. The standard InChI is InChI=1S/C17H21N3OS/c1-17(2,21)7-6-15-4-5-16(22-15)12-19-8-3-9-20-13-18-10-14(20)11-19/h4-5,10,13,21H,3,8-9,11-12H2,1-2H3. The molecule has 1 aliphatic rings. The summed E-state index contributed by atoms with van der Waals surface area (Å²) < 4.78 is 2.24. The topological polar surface area (TPSA) is 41.3 Å². The van der Waals surface area contributed by atoms with E-state index < -0.39 is 5.60 Å². The third-order valence-corrected chi connectivity index (χ3v) is 4.58. The van der Waals surface area contributed by atoms with E-state index in [4.69, 9.17) is 0 Å². The highest BCUT2D eigenvalue weighted by Crippen LogP contribution is 2.20. The van der Waals surface area contributed by atoms with Gasteiger partial charge in [-0.2, -0.15) is 0 Å². The van der Waals surface area contributed by atoms with Gasteiger partial charge in [0.25, 0.3) is 0 Å². The fourth-order valence-electron chi connectivity index (χ4n) is 2.55. The van der Waals surface area contributed by atoms with Gasteiger partial charge in [-0.1, -0.05) is 11.8 Å². The Labute approximate surface area is 135 Å². The number of thiophene rings is 1. The van der Waals surface area contributed by atoms with Crippen molar-refractivity contribution in [3.63, 3.8) is 0 Å². The Morgan fingerprint density at radius 1 is 1.36 bits per heavy atom. The molecule has 116 valence electrons. The molecule has 0 aliphatic carbocycles. The first kappa shape index (κ1) is 15.3. The molecule has 1 N–H and O–H groups in total. The van der Waals surface area contributed by atoms with Crippen molar-refractivity contribution in [2.24, 2.45) is 0 Å². The van der Waals surface area contributed by atoms with Gasteiger partial charge in [0.05, 0.1) is 16.9 Å². The quantitative estimate of drug-likeness (QED) is 0.866. The van der Waals surface area contributed by atoms with E-state index in [0.29, 0.717) is 0 Å². The maximum atomic E-state index is 9.67. The van der Waals surface area contributed by atoms with Crippen LogP contribution >= 0.6 is 11.3 Å². The number of fused-ring (bicyclic) bond motifs is 1. The first-order valence-electron chi connectivity index (χ1n) is 7.55. The number of hydrogen-bond acceptors (Lipinski definition) is 4. The van der Waals surface area contributed by atoms with Gasteiger partial charge in [0.15, 0.2) is 0 Å². The SMILES string of the molecule is CC(C)(O)C#Cc1ccc(CN2CCCn3cncc3C2)s1. The van der Waals surface area contributed by atoms with Crippen LogP contribution in [0.15, 0.2) is 24.7 Å². The molecule has 3 rings (SSSR count). The monoisotopic (exact) mass is 315 g/mol. The maximum Gasteiger partial charge on any atom is 0.120 e. The van der Waals surface area contributed by atoms with Gasteiger partial charge < -0.3 is 9.67 Å². The van der Waals surface area contributed by atoms with Gasteiger partial charge >= 0.3 is 0 Å². The molecule has 3 heterocycles. The second kappa shape index (κ2) is 6.25. The van der Waals surface area contributed by atoms with E-state index in [1.807, 2.05) is 18.6 Å². The minimum atomic E-state index is -0.937. The zero-order chi connectivity index (χ0) is 15.6. The summed E-state index contributed by atoms with van der Waals surface area (Å²) in [5.74, 6) is 5.92. The van der Waals surface area contributed by atoms with Crippen LogP contribution in [0.5, 0.6) is 0 Å². The van der Waals surface area contributed by atoms with Crippen LogP contribution in [0.25, 0.3) is 0 Å². The third-order valence-electron chi connectivity index (χ3n) is 3.59. The van der Waals surface area contributed by atoms with Crippen molar-refractivity contribution in [3.8, 4) is 11.8 Å². The highest BCUT2D eigenvalue weighted by atomic mass is 32.1. The molecule has 5 heteroatoms. The van der Waals surface area contributed by atoms with Gasteiger partial charge in [0, 0.05) is 37.3 Å². The summed E-state index contributed by atoms with van der Waals surface area (Å²) in [5, 5.41) is 9.67. The molecule has 2 aromatic heterocycles. The number of aromatic nitrogens is 2. The second-order valence-electron chi connectivity index (χ2n) is 6.22. The van der Waals surface area contributed by atoms with E-state index in [9.17, 15) is 5.11 Å². The Balaban J connectivity index is 1.66. The summed E-state index contributed by atoms with van der Waals surface area (Å²) >= 11 is 1.71. The van der Waals surface area contributed by atoms with Gasteiger partial charge in [0.2, 0.25) is 0 Å². The fourth-order valence-corrected chi connectivity index (χ4v) is 3.46. The molecule has 0 radical (unpaired) electrons. The first-order chi connectivity index (χ1) is 10.5. The summed E-state index contributed by atoms with van der Waals surface area (Å²) in [5.41, 5.74) is 0.351. The van der Waals surface area contributed by atoms with Crippen LogP contribution in [-0.4, -0.2) is 31.7 Å². The minimum Gasteiger partial charge on any atom is -0.378 e. The number of hydrogen-bond donors (Lipinski definition) is 1. The molecule has 0 aromatic carbocycles. The highest BCUT2D eigenvalue weighted by molar-refractivity contribution is 7.12. The summed E-state index contributed by atoms with van der Waals surface area (Å²) in [4.78, 5) is 9.02. The van der Waals surface area contributed by atoms with Crippen molar-refractivity contribution in [1.29, 1.82) is 0 Å². The zero-order valence-electron chi connectivity index (χ0n) is 13.0. The van der Waals surface area contributed by atoms with Gasteiger partial charge in [-0.05, 0) is 32.4 Å². The van der Waals surface area contributed by atoms with E-state index in [2.05, 4.69) is 32.4 Å². The molecule has 4 nitrogen and oxygen atoms in total. The van der Waals surface area contributed by atoms with Gasteiger partial charge in [-0.25, -0.2) is 4.98 Å². The average Bonchev–Trinajstić information content (AvgIpc) is 3.02. The van der Waals surface area contributed by atoms with Crippen LogP contribution in [-0.2, 0) is 19.6 Å². The van der Waals surface area contributed by atoms with Crippen LogP contribution in [0.1, 0.15) is 35.7 Å². The molecule has 0 spiro atoms. The van der Waals surface area contributed by atoms with Crippen LogP contribution < -0.4 is 0 Å².